The summed E-state index contributed by atoms with van der Waals surface area (Å²) in [5.41, 5.74) is 0. The van der Waals surface area contributed by atoms with Crippen LogP contribution in [-0.2, 0) is 9.84 Å². The van der Waals surface area contributed by atoms with Gasteiger partial charge in [-0.3, -0.25) is 0 Å². The van der Waals surface area contributed by atoms with Gasteiger partial charge in [0.05, 0.1) is 19.1 Å². The molecule has 0 unspecified atom stereocenters. The van der Waals surface area contributed by atoms with Gasteiger partial charge in [0, 0.05) is 33.9 Å². The summed E-state index contributed by atoms with van der Waals surface area (Å²) in [7, 11) is -0.647. The van der Waals surface area contributed by atoms with Crippen LogP contribution in [0.1, 0.15) is 0 Å². The Balaban J connectivity index is 3.32. The topological polar surface area (TPSA) is 52.6 Å². The summed E-state index contributed by atoms with van der Waals surface area (Å²) in [6.07, 6.45) is 0. The minimum absolute atomic E-state index is 0.0920. The average Bonchev–Trinajstić information content (AvgIpc) is 2.28. The molecule has 0 fully saturated rings. The van der Waals surface area contributed by atoms with Crippen LogP contribution >= 0.6 is 22.6 Å². The van der Waals surface area contributed by atoms with Gasteiger partial charge in [-0.15, -0.1) is 0 Å². The smallest absolute Gasteiger partial charge is 0.246 e. The van der Waals surface area contributed by atoms with E-state index in [4.69, 9.17) is 9.47 Å². The SMILES string of the molecule is COc1ccc(S(=O)(=O)C#CI)cc1OC. The summed E-state index contributed by atoms with van der Waals surface area (Å²) in [6, 6.07) is 4.34. The second-order valence-corrected chi connectivity index (χ2v) is 4.94. The van der Waals surface area contributed by atoms with Crippen LogP contribution in [0.3, 0.4) is 0 Å². The molecule has 0 N–H and O–H groups in total. The Morgan fingerprint density at radius 3 is 2.31 bits per heavy atom. The van der Waals surface area contributed by atoms with Crippen LogP contribution < -0.4 is 9.47 Å². The van der Waals surface area contributed by atoms with Gasteiger partial charge in [0.2, 0.25) is 9.84 Å². The zero-order chi connectivity index (χ0) is 12.2. The summed E-state index contributed by atoms with van der Waals surface area (Å²) in [4.78, 5) is 0.0920. The monoisotopic (exact) mass is 352 g/mol. The highest BCUT2D eigenvalue weighted by atomic mass is 127. The molecule has 0 radical (unpaired) electrons. The maximum absolute atomic E-state index is 11.6. The maximum atomic E-state index is 11.6. The number of halogens is 1. The van der Waals surface area contributed by atoms with Crippen LogP contribution in [0, 0.1) is 9.18 Å². The molecule has 0 heterocycles. The molecule has 1 rings (SSSR count). The second kappa shape index (κ2) is 5.41. The largest absolute Gasteiger partial charge is 0.493 e. The fourth-order valence-electron chi connectivity index (χ4n) is 1.09. The van der Waals surface area contributed by atoms with Crippen LogP contribution in [0.15, 0.2) is 23.1 Å². The van der Waals surface area contributed by atoms with Crippen molar-refractivity contribution in [1.82, 2.24) is 0 Å². The molecule has 0 bridgehead atoms. The fourth-order valence-corrected chi connectivity index (χ4v) is 2.69. The molecule has 6 heteroatoms. The van der Waals surface area contributed by atoms with E-state index in [1.54, 1.807) is 22.6 Å². The summed E-state index contributed by atoms with van der Waals surface area (Å²) in [6.45, 7) is 0. The van der Waals surface area contributed by atoms with E-state index in [0.29, 0.717) is 11.5 Å². The van der Waals surface area contributed by atoms with Gasteiger partial charge in [0.15, 0.2) is 11.5 Å². The molecule has 0 atom stereocenters. The van der Waals surface area contributed by atoms with Gasteiger partial charge in [-0.05, 0) is 16.1 Å². The first-order valence-electron chi connectivity index (χ1n) is 4.14. The normalized spacial score (nSPS) is 10.2. The Labute approximate surface area is 108 Å². The number of benzene rings is 1. The second-order valence-electron chi connectivity index (χ2n) is 2.72. The van der Waals surface area contributed by atoms with Crippen molar-refractivity contribution in [1.29, 1.82) is 0 Å². The predicted octanol–water partition coefficient (Wildman–Crippen LogP) is 1.83. The Morgan fingerprint density at radius 2 is 1.81 bits per heavy atom. The van der Waals surface area contributed by atoms with Gasteiger partial charge >= 0.3 is 0 Å². The van der Waals surface area contributed by atoms with Gasteiger partial charge in [-0.25, -0.2) is 8.42 Å². The van der Waals surface area contributed by atoms with Gasteiger partial charge in [-0.2, -0.15) is 0 Å². The first-order chi connectivity index (χ1) is 7.55. The molecule has 1 aromatic carbocycles. The summed E-state index contributed by atoms with van der Waals surface area (Å²) in [5.74, 6) is 0.836. The van der Waals surface area contributed by atoms with Crippen LogP contribution in [-0.4, -0.2) is 22.6 Å². The third kappa shape index (κ3) is 2.80. The molecule has 0 aliphatic carbocycles. The average molecular weight is 352 g/mol. The molecular formula is C10H9IO4S. The fraction of sp³-hybridized carbons (Fsp3) is 0.200. The van der Waals surface area contributed by atoms with Crippen molar-refractivity contribution in [3.05, 3.63) is 18.2 Å². The minimum Gasteiger partial charge on any atom is -0.493 e. The van der Waals surface area contributed by atoms with E-state index in [-0.39, 0.29) is 4.90 Å². The lowest BCUT2D eigenvalue weighted by Gasteiger charge is -2.07. The molecule has 0 saturated carbocycles. The molecule has 1 aromatic rings. The highest BCUT2D eigenvalue weighted by Gasteiger charge is 2.14. The van der Waals surface area contributed by atoms with E-state index in [2.05, 4.69) is 9.18 Å². The molecule has 0 aliphatic heterocycles. The Bertz CT molecular complexity index is 540. The van der Waals surface area contributed by atoms with Crippen molar-refractivity contribution < 1.29 is 17.9 Å². The molecule has 0 spiro atoms. The van der Waals surface area contributed by atoms with Gasteiger partial charge in [-0.1, -0.05) is 0 Å². The van der Waals surface area contributed by atoms with Crippen LogP contribution in [0.2, 0.25) is 0 Å². The molecule has 0 amide bonds. The van der Waals surface area contributed by atoms with E-state index in [1.807, 2.05) is 0 Å². The van der Waals surface area contributed by atoms with Crippen LogP contribution in [0.25, 0.3) is 0 Å². The van der Waals surface area contributed by atoms with E-state index in [1.165, 1.54) is 32.4 Å². The predicted molar refractivity (Wildman–Crippen MR) is 68.5 cm³/mol. The van der Waals surface area contributed by atoms with Crippen LogP contribution in [0.4, 0.5) is 0 Å². The standard InChI is InChI=1S/C10H9IO4S/c1-14-9-4-3-8(7-10(9)15-2)16(12,13)6-5-11/h3-4,7H,1-2H3. The lowest BCUT2D eigenvalue weighted by Crippen LogP contribution is -1.98. The van der Waals surface area contributed by atoms with Crippen molar-refractivity contribution in [2.45, 2.75) is 4.90 Å². The lowest BCUT2D eigenvalue weighted by atomic mass is 10.3. The quantitative estimate of drug-likeness (QED) is 0.615. The zero-order valence-electron chi connectivity index (χ0n) is 8.65. The molecule has 0 saturated heterocycles. The number of sulfone groups is 1. The van der Waals surface area contributed by atoms with E-state index >= 15 is 0 Å². The zero-order valence-corrected chi connectivity index (χ0v) is 11.6. The number of rotatable bonds is 3. The first-order valence-corrected chi connectivity index (χ1v) is 6.71. The molecular weight excluding hydrogens is 343 g/mol. The Hall–Kier alpha value is -0.940. The number of hydrogen-bond acceptors (Lipinski definition) is 4. The van der Waals surface area contributed by atoms with Crippen molar-refractivity contribution in [2.24, 2.45) is 0 Å². The molecule has 0 aromatic heterocycles. The highest BCUT2D eigenvalue weighted by molar-refractivity contribution is 14.1. The number of methoxy groups -OCH3 is 2. The van der Waals surface area contributed by atoms with Gasteiger partial charge in [0.1, 0.15) is 0 Å². The van der Waals surface area contributed by atoms with E-state index in [9.17, 15) is 8.42 Å². The highest BCUT2D eigenvalue weighted by Crippen LogP contribution is 2.29. The van der Waals surface area contributed by atoms with Crippen molar-refractivity contribution >= 4 is 32.4 Å². The summed E-state index contributed by atoms with van der Waals surface area (Å²) in [5, 5.41) is 2.14. The first kappa shape index (κ1) is 13.1. The van der Waals surface area contributed by atoms with E-state index in [0.717, 1.165) is 0 Å². The van der Waals surface area contributed by atoms with Crippen LogP contribution in [0.5, 0.6) is 11.5 Å². The van der Waals surface area contributed by atoms with Gasteiger partial charge < -0.3 is 9.47 Å². The summed E-state index contributed by atoms with van der Waals surface area (Å²) >= 11 is 1.68. The Kier molecular flexibility index (Phi) is 4.44. The van der Waals surface area contributed by atoms with E-state index < -0.39 is 9.84 Å². The minimum atomic E-state index is -3.57. The third-order valence-electron chi connectivity index (χ3n) is 1.84. The molecule has 86 valence electrons. The maximum Gasteiger partial charge on any atom is 0.246 e. The Morgan fingerprint density at radius 1 is 1.19 bits per heavy atom. The van der Waals surface area contributed by atoms with Crippen molar-refractivity contribution in [2.75, 3.05) is 14.2 Å². The van der Waals surface area contributed by atoms with Crippen molar-refractivity contribution in [3.63, 3.8) is 0 Å². The van der Waals surface area contributed by atoms with Crippen molar-refractivity contribution in [3.8, 4) is 20.7 Å². The molecule has 0 aliphatic rings. The molecule has 16 heavy (non-hydrogen) atoms. The number of ether oxygens (including phenoxy) is 2. The number of hydrogen-bond donors (Lipinski definition) is 0. The lowest BCUT2D eigenvalue weighted by molar-refractivity contribution is 0.354. The van der Waals surface area contributed by atoms with Gasteiger partial charge in [0.25, 0.3) is 0 Å². The summed E-state index contributed by atoms with van der Waals surface area (Å²) < 4.78 is 35.6. The third-order valence-corrected chi connectivity index (χ3v) is 3.72. The molecule has 4 nitrogen and oxygen atoms in total.